The lowest BCUT2D eigenvalue weighted by Gasteiger charge is -2.34. The summed E-state index contributed by atoms with van der Waals surface area (Å²) < 4.78 is 28.6. The number of sulfonamides is 1. The van der Waals surface area contributed by atoms with Crippen molar-refractivity contribution in [3.05, 3.63) is 93.5 Å². The third-order valence-electron chi connectivity index (χ3n) is 5.87. The Hall–Kier alpha value is -3.21. The predicted octanol–water partition coefficient (Wildman–Crippen LogP) is 4.51. The summed E-state index contributed by atoms with van der Waals surface area (Å²) in [6, 6.07) is 18.7. The summed E-state index contributed by atoms with van der Waals surface area (Å²) in [5.74, 6) is -0.149. The van der Waals surface area contributed by atoms with Crippen LogP contribution < -0.4 is 0 Å². The first-order chi connectivity index (χ1) is 16.7. The van der Waals surface area contributed by atoms with Gasteiger partial charge in [0.2, 0.25) is 10.0 Å². The maximum Gasteiger partial charge on any atom is 0.270 e. The normalized spacial score (nSPS) is 14.6. The van der Waals surface area contributed by atoms with Crippen molar-refractivity contribution in [3.63, 3.8) is 0 Å². The lowest BCUT2D eigenvalue weighted by molar-refractivity contribution is -0.385. The molecule has 0 N–H and O–H groups in total. The monoisotopic (exact) mass is 511 g/mol. The number of amides is 1. The van der Waals surface area contributed by atoms with Crippen LogP contribution in [-0.2, 0) is 10.0 Å². The van der Waals surface area contributed by atoms with Gasteiger partial charge in [-0.1, -0.05) is 42.1 Å². The van der Waals surface area contributed by atoms with Gasteiger partial charge in [-0.05, 0) is 49.2 Å². The van der Waals surface area contributed by atoms with Crippen LogP contribution >= 0.6 is 11.8 Å². The first kappa shape index (κ1) is 24.9. The van der Waals surface area contributed by atoms with Crippen molar-refractivity contribution < 1.29 is 18.1 Å². The number of hydrogen-bond donors (Lipinski definition) is 0. The molecule has 3 aromatic carbocycles. The Morgan fingerprint density at radius 2 is 1.60 bits per heavy atom. The summed E-state index contributed by atoms with van der Waals surface area (Å²) in [6.45, 7) is 4.58. The van der Waals surface area contributed by atoms with E-state index in [0.717, 1.165) is 22.1 Å². The van der Waals surface area contributed by atoms with Gasteiger partial charge in [0.1, 0.15) is 4.90 Å². The number of carbonyl (C=O) groups is 1. The molecule has 35 heavy (non-hydrogen) atoms. The van der Waals surface area contributed by atoms with Crippen molar-refractivity contribution in [2.75, 3.05) is 26.2 Å². The number of benzene rings is 3. The van der Waals surface area contributed by atoms with Gasteiger partial charge in [-0.2, -0.15) is 4.31 Å². The van der Waals surface area contributed by atoms with Crippen LogP contribution in [-0.4, -0.2) is 54.6 Å². The van der Waals surface area contributed by atoms with E-state index in [1.165, 1.54) is 28.2 Å². The Morgan fingerprint density at radius 1 is 0.914 bits per heavy atom. The highest BCUT2D eigenvalue weighted by atomic mass is 32.2. The molecule has 0 spiro atoms. The van der Waals surface area contributed by atoms with Crippen LogP contribution in [0.1, 0.15) is 21.5 Å². The molecule has 8 nitrogen and oxygen atoms in total. The molecule has 1 amide bonds. The van der Waals surface area contributed by atoms with E-state index in [4.69, 9.17) is 0 Å². The van der Waals surface area contributed by atoms with Gasteiger partial charge in [0.05, 0.1) is 4.92 Å². The molecule has 0 radical (unpaired) electrons. The quantitative estimate of drug-likeness (QED) is 0.357. The number of aryl methyl sites for hydroxylation is 2. The van der Waals surface area contributed by atoms with E-state index in [-0.39, 0.29) is 42.7 Å². The van der Waals surface area contributed by atoms with Crippen molar-refractivity contribution >= 4 is 33.4 Å². The van der Waals surface area contributed by atoms with E-state index in [1.807, 2.05) is 38.1 Å². The molecule has 1 fully saturated rings. The number of nitrogens with zero attached hydrogens (tertiary/aromatic N) is 3. The first-order valence-electron chi connectivity index (χ1n) is 11.0. The van der Waals surface area contributed by atoms with E-state index < -0.39 is 14.9 Å². The summed E-state index contributed by atoms with van der Waals surface area (Å²) in [7, 11) is -4.04. The van der Waals surface area contributed by atoms with Gasteiger partial charge >= 0.3 is 0 Å². The molecule has 0 bridgehead atoms. The van der Waals surface area contributed by atoms with E-state index >= 15 is 0 Å². The third kappa shape index (κ3) is 5.39. The fourth-order valence-electron chi connectivity index (χ4n) is 3.87. The van der Waals surface area contributed by atoms with Crippen LogP contribution in [0.4, 0.5) is 5.69 Å². The van der Waals surface area contributed by atoms with E-state index in [0.29, 0.717) is 10.5 Å². The Kier molecular flexibility index (Phi) is 7.25. The number of rotatable bonds is 6. The molecule has 1 aliphatic heterocycles. The number of piperazine rings is 1. The van der Waals surface area contributed by atoms with Gasteiger partial charge in [0.15, 0.2) is 0 Å². The number of nitro benzene ring substituents is 1. The van der Waals surface area contributed by atoms with Crippen LogP contribution in [0.3, 0.4) is 0 Å². The third-order valence-corrected chi connectivity index (χ3v) is 9.17. The largest absolute Gasteiger partial charge is 0.336 e. The minimum Gasteiger partial charge on any atom is -0.336 e. The average Bonchev–Trinajstić information content (AvgIpc) is 2.86. The zero-order valence-electron chi connectivity index (χ0n) is 19.4. The van der Waals surface area contributed by atoms with E-state index in [1.54, 1.807) is 29.2 Å². The molecule has 10 heteroatoms. The van der Waals surface area contributed by atoms with Gasteiger partial charge in [-0.15, -0.1) is 0 Å². The van der Waals surface area contributed by atoms with Crippen LogP contribution in [0, 0.1) is 24.0 Å². The van der Waals surface area contributed by atoms with Crippen molar-refractivity contribution in [1.82, 2.24) is 9.21 Å². The van der Waals surface area contributed by atoms with Crippen molar-refractivity contribution in [1.29, 1.82) is 0 Å². The molecule has 1 saturated heterocycles. The molecular weight excluding hydrogens is 486 g/mol. The summed E-state index contributed by atoms with van der Waals surface area (Å²) in [6.07, 6.45) is 0. The minimum absolute atomic E-state index is 0.0968. The molecule has 1 heterocycles. The molecule has 0 unspecified atom stereocenters. The van der Waals surface area contributed by atoms with Gasteiger partial charge in [0.25, 0.3) is 11.6 Å². The summed E-state index contributed by atoms with van der Waals surface area (Å²) >= 11 is 1.28. The summed E-state index contributed by atoms with van der Waals surface area (Å²) in [5, 5.41) is 11.4. The maximum atomic E-state index is 13.7. The second-order valence-electron chi connectivity index (χ2n) is 8.32. The molecule has 4 rings (SSSR count). The van der Waals surface area contributed by atoms with Crippen LogP contribution in [0.25, 0.3) is 0 Å². The van der Waals surface area contributed by atoms with Crippen molar-refractivity contribution in [3.8, 4) is 0 Å². The maximum absolute atomic E-state index is 13.7. The highest BCUT2D eigenvalue weighted by Gasteiger charge is 2.33. The topological polar surface area (TPSA) is 101 Å². The predicted molar refractivity (Wildman–Crippen MR) is 134 cm³/mol. The first-order valence-corrected chi connectivity index (χ1v) is 13.3. The van der Waals surface area contributed by atoms with E-state index in [9.17, 15) is 23.3 Å². The standard InChI is InChI=1S/C25H25N3O5S2/c1-18-8-9-19(2)23(16-18)34-22-11-10-21(28(30)31)17-24(22)35(32,33)27-14-12-26(13-15-27)25(29)20-6-4-3-5-7-20/h3-11,16-17H,12-15H2,1-2H3. The second-order valence-corrected chi connectivity index (χ2v) is 11.3. The molecule has 1 aliphatic rings. The fraction of sp³-hybridized carbons (Fsp3) is 0.240. The number of hydrogen-bond acceptors (Lipinski definition) is 6. The Balaban J connectivity index is 1.61. The molecule has 0 aromatic heterocycles. The Bertz CT molecular complexity index is 1370. The van der Waals surface area contributed by atoms with Gasteiger partial charge in [0, 0.05) is 53.7 Å². The molecule has 3 aromatic rings. The SMILES string of the molecule is Cc1ccc(C)c(Sc2ccc([N+](=O)[O-])cc2S(=O)(=O)N2CCN(C(=O)c3ccccc3)CC2)c1. The average molecular weight is 512 g/mol. The second kappa shape index (κ2) is 10.2. The number of nitro groups is 1. The molecule has 0 saturated carbocycles. The van der Waals surface area contributed by atoms with Gasteiger partial charge in [-0.3, -0.25) is 14.9 Å². The zero-order valence-corrected chi connectivity index (χ0v) is 21.0. The van der Waals surface area contributed by atoms with Crippen LogP contribution in [0.5, 0.6) is 0 Å². The Morgan fingerprint density at radius 3 is 2.26 bits per heavy atom. The van der Waals surface area contributed by atoms with Crippen LogP contribution in [0.2, 0.25) is 0 Å². The highest BCUT2D eigenvalue weighted by molar-refractivity contribution is 8.00. The lowest BCUT2D eigenvalue weighted by Crippen LogP contribution is -2.50. The van der Waals surface area contributed by atoms with Crippen molar-refractivity contribution in [2.45, 2.75) is 28.5 Å². The molecule has 0 atom stereocenters. The Labute approximate surface area is 208 Å². The van der Waals surface area contributed by atoms with Crippen LogP contribution in [0.15, 0.2) is 81.4 Å². The van der Waals surface area contributed by atoms with Crippen molar-refractivity contribution in [2.24, 2.45) is 0 Å². The molecule has 182 valence electrons. The van der Waals surface area contributed by atoms with Gasteiger partial charge in [-0.25, -0.2) is 8.42 Å². The smallest absolute Gasteiger partial charge is 0.270 e. The van der Waals surface area contributed by atoms with Gasteiger partial charge < -0.3 is 4.90 Å². The number of non-ortho nitro benzene ring substituents is 1. The molecular formula is C25H25N3O5S2. The highest BCUT2D eigenvalue weighted by Crippen LogP contribution is 2.38. The van der Waals surface area contributed by atoms with E-state index in [2.05, 4.69) is 0 Å². The lowest BCUT2D eigenvalue weighted by atomic mass is 10.2. The summed E-state index contributed by atoms with van der Waals surface area (Å²) in [4.78, 5) is 26.4. The molecule has 0 aliphatic carbocycles. The zero-order chi connectivity index (χ0) is 25.2. The minimum atomic E-state index is -4.04. The number of carbonyl (C=O) groups excluding carboxylic acids is 1. The summed E-state index contributed by atoms with van der Waals surface area (Å²) in [5.41, 5.74) is 2.28. The fourth-order valence-corrected chi connectivity index (χ4v) is 6.83.